The van der Waals surface area contributed by atoms with Gasteiger partial charge < -0.3 is 5.32 Å². The molecule has 1 heterocycles. The van der Waals surface area contributed by atoms with E-state index in [1.54, 1.807) is 12.1 Å². The summed E-state index contributed by atoms with van der Waals surface area (Å²) in [5, 5.41) is 5.29. The van der Waals surface area contributed by atoms with Crippen LogP contribution in [0.15, 0.2) is 24.3 Å². The van der Waals surface area contributed by atoms with Crippen LogP contribution in [0, 0.1) is 5.82 Å². The van der Waals surface area contributed by atoms with E-state index in [2.05, 4.69) is 37.2 Å². The molecule has 6 heteroatoms. The first-order chi connectivity index (χ1) is 9.53. The van der Waals surface area contributed by atoms with E-state index in [-0.39, 0.29) is 17.3 Å². The molecule has 0 spiro atoms. The molecule has 1 aromatic carbocycles. The Labute approximate surface area is 138 Å². The molecule has 0 saturated heterocycles. The Balaban J connectivity index is 2.27. The van der Waals surface area contributed by atoms with Gasteiger partial charge in [-0.05, 0) is 30.0 Å². The lowest BCUT2D eigenvalue weighted by atomic mass is 10.0. The maximum atomic E-state index is 13.2. The van der Waals surface area contributed by atoms with E-state index in [0.29, 0.717) is 15.5 Å². The van der Waals surface area contributed by atoms with E-state index in [1.807, 2.05) is 6.92 Å². The number of nitrogens with one attached hydrogen (secondary N) is 1. The van der Waals surface area contributed by atoms with E-state index in [4.69, 9.17) is 0 Å². The van der Waals surface area contributed by atoms with Gasteiger partial charge in [0.25, 0.3) is 5.91 Å². The Morgan fingerprint density at radius 3 is 2.65 bits per heavy atom. The number of amides is 1. The maximum absolute atomic E-state index is 13.2. The second-order valence-electron chi connectivity index (χ2n) is 4.65. The molecule has 0 aliphatic rings. The van der Waals surface area contributed by atoms with Crippen molar-refractivity contribution in [2.45, 2.75) is 18.9 Å². The summed E-state index contributed by atoms with van der Waals surface area (Å²) in [4.78, 5) is 13.0. The summed E-state index contributed by atoms with van der Waals surface area (Å²) in [6.45, 7) is 2.03. The van der Waals surface area contributed by atoms with Crippen molar-refractivity contribution in [3.05, 3.63) is 35.0 Å². The predicted molar refractivity (Wildman–Crippen MR) is 89.9 cm³/mol. The van der Waals surface area contributed by atoms with Gasteiger partial charge >= 0.3 is 0 Å². The number of benzene rings is 1. The zero-order valence-corrected chi connectivity index (χ0v) is 14.9. The monoisotopic (exact) mass is 421 g/mol. The summed E-state index contributed by atoms with van der Waals surface area (Å²) in [5.74, 6) is -0.400. The molecule has 0 saturated carbocycles. The predicted octanol–water partition coefficient (Wildman–Crippen LogP) is 4.71. The minimum absolute atomic E-state index is 0.118. The number of carbonyl (C=O) groups excluding carboxylic acids is 1. The summed E-state index contributed by atoms with van der Waals surface area (Å²) in [7, 11) is 0. The van der Waals surface area contributed by atoms with E-state index < -0.39 is 0 Å². The van der Waals surface area contributed by atoms with Crippen molar-refractivity contribution >= 4 is 59.2 Å². The van der Waals surface area contributed by atoms with Gasteiger partial charge in [0.2, 0.25) is 0 Å². The zero-order chi connectivity index (χ0) is 14.8. The Kier molecular flexibility index (Phi) is 5.20. The third-order valence-corrected chi connectivity index (χ3v) is 6.52. The summed E-state index contributed by atoms with van der Waals surface area (Å²) < 4.78 is 14.0. The van der Waals surface area contributed by atoms with Crippen LogP contribution in [0.4, 0.5) is 4.39 Å². The summed E-state index contributed by atoms with van der Waals surface area (Å²) in [6.07, 6.45) is 0.814. The molecular formula is C14H14Br2FNOS. The smallest absolute Gasteiger partial charge is 0.261 e. The van der Waals surface area contributed by atoms with Gasteiger partial charge in [0, 0.05) is 15.4 Å². The molecule has 0 atom stereocenters. The van der Waals surface area contributed by atoms with Crippen LogP contribution in [0.3, 0.4) is 0 Å². The van der Waals surface area contributed by atoms with Gasteiger partial charge in [-0.3, -0.25) is 4.79 Å². The number of rotatable bonds is 5. The van der Waals surface area contributed by atoms with Crippen molar-refractivity contribution in [2.24, 2.45) is 0 Å². The molecule has 20 heavy (non-hydrogen) atoms. The van der Waals surface area contributed by atoms with Crippen LogP contribution in [-0.4, -0.2) is 22.1 Å². The number of carbonyl (C=O) groups is 1. The minimum Gasteiger partial charge on any atom is -0.344 e. The SMILES string of the molecule is CCC(CBr)(CBr)NC(=O)c1cc2ccc(F)cc2s1. The molecule has 0 unspecified atom stereocenters. The second-order valence-corrected chi connectivity index (χ2v) is 6.85. The fraction of sp³-hybridized carbons (Fsp3) is 0.357. The molecular weight excluding hydrogens is 409 g/mol. The van der Waals surface area contributed by atoms with Crippen molar-refractivity contribution < 1.29 is 9.18 Å². The third-order valence-electron chi connectivity index (χ3n) is 3.27. The Bertz CT molecular complexity index is 616. The Hall–Kier alpha value is -0.460. The molecule has 0 fully saturated rings. The van der Waals surface area contributed by atoms with Gasteiger partial charge in [0.05, 0.1) is 10.4 Å². The Morgan fingerprint density at radius 2 is 2.05 bits per heavy atom. The summed E-state index contributed by atoms with van der Waals surface area (Å²) in [5.41, 5.74) is -0.307. The maximum Gasteiger partial charge on any atom is 0.261 e. The van der Waals surface area contributed by atoms with Crippen LogP contribution in [0.1, 0.15) is 23.0 Å². The molecule has 1 amide bonds. The molecule has 0 radical (unpaired) electrons. The van der Waals surface area contributed by atoms with Gasteiger partial charge in [-0.15, -0.1) is 11.3 Å². The molecule has 0 aliphatic carbocycles. The average Bonchev–Trinajstić information content (AvgIpc) is 2.88. The summed E-state index contributed by atoms with van der Waals surface area (Å²) in [6, 6.07) is 6.36. The lowest BCUT2D eigenvalue weighted by Gasteiger charge is -2.29. The highest BCUT2D eigenvalue weighted by Gasteiger charge is 2.28. The molecule has 2 rings (SSSR count). The third kappa shape index (κ3) is 3.23. The highest BCUT2D eigenvalue weighted by atomic mass is 79.9. The number of halogens is 3. The van der Waals surface area contributed by atoms with Gasteiger partial charge in [-0.2, -0.15) is 0 Å². The van der Waals surface area contributed by atoms with Crippen LogP contribution < -0.4 is 5.32 Å². The highest BCUT2D eigenvalue weighted by molar-refractivity contribution is 9.09. The van der Waals surface area contributed by atoms with Crippen LogP contribution >= 0.6 is 43.2 Å². The molecule has 108 valence electrons. The number of fused-ring (bicyclic) bond motifs is 1. The largest absolute Gasteiger partial charge is 0.344 e. The minimum atomic E-state index is -0.307. The second kappa shape index (κ2) is 6.54. The van der Waals surface area contributed by atoms with Crippen LogP contribution in [0.25, 0.3) is 10.1 Å². The lowest BCUT2D eigenvalue weighted by Crippen LogP contribution is -2.50. The van der Waals surface area contributed by atoms with Crippen LogP contribution in [0.2, 0.25) is 0 Å². The van der Waals surface area contributed by atoms with Crippen molar-refractivity contribution in [3.63, 3.8) is 0 Å². The first-order valence-corrected chi connectivity index (χ1v) is 9.23. The van der Waals surface area contributed by atoms with Crippen molar-refractivity contribution in [1.82, 2.24) is 5.32 Å². The van der Waals surface area contributed by atoms with E-state index >= 15 is 0 Å². The van der Waals surface area contributed by atoms with Crippen molar-refractivity contribution in [3.8, 4) is 0 Å². The zero-order valence-electron chi connectivity index (χ0n) is 10.9. The van der Waals surface area contributed by atoms with Crippen molar-refractivity contribution in [2.75, 3.05) is 10.7 Å². The van der Waals surface area contributed by atoms with Crippen LogP contribution in [-0.2, 0) is 0 Å². The fourth-order valence-corrected chi connectivity index (χ4v) is 4.78. The molecule has 0 aliphatic heterocycles. The van der Waals surface area contributed by atoms with E-state index in [0.717, 1.165) is 16.5 Å². The Morgan fingerprint density at radius 1 is 1.35 bits per heavy atom. The number of hydrogen-bond acceptors (Lipinski definition) is 2. The standard InChI is InChI=1S/C14H14Br2FNOS/c1-2-14(7-15,8-16)18-13(19)12-5-9-3-4-10(17)6-11(9)20-12/h3-6H,2,7-8H2,1H3,(H,18,19). The number of thiophene rings is 1. The first-order valence-electron chi connectivity index (χ1n) is 6.17. The number of hydrogen-bond donors (Lipinski definition) is 1. The van der Waals surface area contributed by atoms with Gasteiger partial charge in [0.15, 0.2) is 0 Å². The van der Waals surface area contributed by atoms with Crippen molar-refractivity contribution in [1.29, 1.82) is 0 Å². The molecule has 0 bridgehead atoms. The normalized spacial score (nSPS) is 11.8. The van der Waals surface area contributed by atoms with Gasteiger partial charge in [-0.25, -0.2) is 4.39 Å². The van der Waals surface area contributed by atoms with E-state index in [9.17, 15) is 9.18 Å². The molecule has 1 N–H and O–H groups in total. The lowest BCUT2D eigenvalue weighted by molar-refractivity contribution is 0.0919. The van der Waals surface area contributed by atoms with E-state index in [1.165, 1.54) is 23.5 Å². The average molecular weight is 423 g/mol. The molecule has 2 aromatic rings. The highest BCUT2D eigenvalue weighted by Crippen LogP contribution is 2.27. The van der Waals surface area contributed by atoms with Gasteiger partial charge in [-0.1, -0.05) is 44.8 Å². The summed E-state index contributed by atoms with van der Waals surface area (Å²) >= 11 is 8.20. The number of alkyl halides is 2. The quantitative estimate of drug-likeness (QED) is 0.694. The first kappa shape index (κ1) is 15.9. The van der Waals surface area contributed by atoms with Crippen LogP contribution in [0.5, 0.6) is 0 Å². The van der Waals surface area contributed by atoms with Gasteiger partial charge in [0.1, 0.15) is 5.82 Å². The molecule has 2 nitrogen and oxygen atoms in total. The molecule has 1 aromatic heterocycles. The fourth-order valence-electron chi connectivity index (χ4n) is 1.80. The topological polar surface area (TPSA) is 29.1 Å².